The molecule has 5 nitrogen and oxygen atoms in total. The van der Waals surface area contributed by atoms with Crippen LogP contribution in [0.3, 0.4) is 0 Å². The molecule has 0 bridgehead atoms. The summed E-state index contributed by atoms with van der Waals surface area (Å²) in [6.45, 7) is 15.0. The highest BCUT2D eigenvalue weighted by Crippen LogP contribution is 2.75. The maximum Gasteiger partial charge on any atom is 0.310 e. The zero-order valence-corrected chi connectivity index (χ0v) is 22.8. The topological polar surface area (TPSA) is 94.8 Å². The largest absolute Gasteiger partial charge is 0.481 e. The molecule has 35 heavy (non-hydrogen) atoms. The van der Waals surface area contributed by atoms with E-state index in [0.717, 1.165) is 32.1 Å². The van der Waals surface area contributed by atoms with Gasteiger partial charge in [-0.2, -0.15) is 0 Å². The number of hydrogen-bond donors (Lipinski definition) is 3. The molecule has 0 aromatic heterocycles. The number of ketones is 1. The van der Waals surface area contributed by atoms with Crippen molar-refractivity contribution in [2.75, 3.05) is 0 Å². The number of Topliss-reactive ketones (excluding diaryl/α,β-unsaturated/α-hetero) is 1. The summed E-state index contributed by atoms with van der Waals surface area (Å²) in [7, 11) is 0. The fraction of sp³-hybridized carbons (Fsp3) is 0.867. The summed E-state index contributed by atoms with van der Waals surface area (Å²) in [5.74, 6) is -0.584. The Hall–Kier alpha value is -1.20. The summed E-state index contributed by atoms with van der Waals surface area (Å²) in [6.07, 6.45) is 7.42. The molecule has 196 valence electrons. The van der Waals surface area contributed by atoms with Gasteiger partial charge in [0.2, 0.25) is 0 Å². The standard InChI is InChI=1S/C30H46O5/c1-17-10-13-30(24(33)34)15-14-27(5)18(22(30)29(17,7)35)8-9-21-26(4)16-19(31)23(32)25(2,3)20(26)11-12-28(21,27)6/h8,17,19-22,31,35H,9-16H2,1-7H3,(H,33,34)/t17?,19?,20-,21+,22+,26-,27+,28+,29+,30-/m0/s1. The van der Waals surface area contributed by atoms with Crippen molar-refractivity contribution in [2.24, 2.45) is 50.7 Å². The van der Waals surface area contributed by atoms with Crippen molar-refractivity contribution in [3.8, 4) is 0 Å². The van der Waals surface area contributed by atoms with E-state index in [-0.39, 0.29) is 39.8 Å². The van der Waals surface area contributed by atoms with Crippen LogP contribution < -0.4 is 0 Å². The van der Waals surface area contributed by atoms with Gasteiger partial charge in [0.15, 0.2) is 5.78 Å². The lowest BCUT2D eigenvalue weighted by Gasteiger charge is -2.71. The Morgan fingerprint density at radius 2 is 1.63 bits per heavy atom. The minimum atomic E-state index is -1.07. The second-order valence-corrected chi connectivity index (χ2v) is 14.7. The molecule has 10 atom stereocenters. The Labute approximate surface area is 210 Å². The second kappa shape index (κ2) is 7.22. The predicted octanol–water partition coefficient (Wildman–Crippen LogP) is 5.38. The van der Waals surface area contributed by atoms with Crippen molar-refractivity contribution in [1.82, 2.24) is 0 Å². The Morgan fingerprint density at radius 1 is 0.971 bits per heavy atom. The summed E-state index contributed by atoms with van der Waals surface area (Å²) >= 11 is 0. The summed E-state index contributed by atoms with van der Waals surface area (Å²) in [5, 5.41) is 33.3. The molecule has 4 saturated carbocycles. The number of rotatable bonds is 1. The Bertz CT molecular complexity index is 995. The average molecular weight is 487 g/mol. The van der Waals surface area contributed by atoms with Crippen LogP contribution in [0.5, 0.6) is 0 Å². The van der Waals surface area contributed by atoms with Gasteiger partial charge in [-0.25, -0.2) is 0 Å². The zero-order valence-electron chi connectivity index (χ0n) is 22.8. The van der Waals surface area contributed by atoms with Crippen molar-refractivity contribution >= 4 is 11.8 Å². The van der Waals surface area contributed by atoms with E-state index in [2.05, 4.69) is 33.8 Å². The monoisotopic (exact) mass is 486 g/mol. The van der Waals surface area contributed by atoms with Gasteiger partial charge in [-0.15, -0.1) is 0 Å². The normalized spacial score (nSPS) is 55.1. The highest BCUT2D eigenvalue weighted by Gasteiger charge is 2.71. The van der Waals surface area contributed by atoms with Gasteiger partial charge in [0.25, 0.3) is 0 Å². The first-order chi connectivity index (χ1) is 16.0. The minimum absolute atomic E-state index is 0.0158. The van der Waals surface area contributed by atoms with Crippen LogP contribution in [0, 0.1) is 50.7 Å². The SMILES string of the molecule is CC1CC[C@]2(C(=O)O)CC[C@]3(C)C(=CC[C@@H]4[C@@]5(C)CC(O)C(=O)C(C)(C)[C@@H]5CC[C@]43C)[C@@H]2[C@]1(C)O. The van der Waals surface area contributed by atoms with Crippen LogP contribution in [0.1, 0.15) is 99.8 Å². The lowest BCUT2D eigenvalue weighted by Crippen LogP contribution is -2.68. The Kier molecular flexibility index (Phi) is 5.25. The summed E-state index contributed by atoms with van der Waals surface area (Å²) in [4.78, 5) is 25.8. The fourth-order valence-electron chi connectivity index (χ4n) is 10.8. The second-order valence-electron chi connectivity index (χ2n) is 14.7. The van der Waals surface area contributed by atoms with Crippen molar-refractivity contribution in [3.05, 3.63) is 11.6 Å². The molecule has 0 radical (unpaired) electrons. The number of aliphatic hydroxyl groups is 2. The number of carboxylic acids is 1. The molecule has 0 aliphatic heterocycles. The predicted molar refractivity (Wildman–Crippen MR) is 134 cm³/mol. The van der Waals surface area contributed by atoms with Crippen molar-refractivity contribution in [2.45, 2.75) is 112 Å². The molecular formula is C30H46O5. The zero-order chi connectivity index (χ0) is 26.0. The molecule has 0 heterocycles. The van der Waals surface area contributed by atoms with E-state index in [1.165, 1.54) is 5.57 Å². The number of hydrogen-bond acceptors (Lipinski definition) is 4. The van der Waals surface area contributed by atoms with Crippen LogP contribution >= 0.6 is 0 Å². The van der Waals surface area contributed by atoms with Crippen molar-refractivity contribution < 1.29 is 24.9 Å². The number of carbonyl (C=O) groups excluding carboxylic acids is 1. The molecule has 5 heteroatoms. The third kappa shape index (κ3) is 2.83. The van der Waals surface area contributed by atoms with Crippen LogP contribution in [0.4, 0.5) is 0 Å². The van der Waals surface area contributed by atoms with Gasteiger partial charge in [-0.1, -0.05) is 53.2 Å². The van der Waals surface area contributed by atoms with Crippen LogP contribution in [0.15, 0.2) is 11.6 Å². The Balaban J connectivity index is 1.65. The third-order valence-electron chi connectivity index (χ3n) is 13.2. The molecule has 5 aliphatic rings. The lowest BCUT2D eigenvalue weighted by atomic mass is 9.33. The number of carboxylic acid groups (broad SMARTS) is 1. The van der Waals surface area contributed by atoms with Gasteiger partial charge in [0.05, 0.1) is 11.0 Å². The average Bonchev–Trinajstić information content (AvgIpc) is 2.75. The van der Waals surface area contributed by atoms with Crippen molar-refractivity contribution in [3.63, 3.8) is 0 Å². The maximum absolute atomic E-state index is 13.0. The molecular weight excluding hydrogens is 440 g/mol. The van der Waals surface area contributed by atoms with Gasteiger partial charge in [-0.05, 0) is 92.3 Å². The smallest absolute Gasteiger partial charge is 0.310 e. The van der Waals surface area contributed by atoms with E-state index >= 15 is 0 Å². The number of aliphatic carboxylic acids is 1. The van der Waals surface area contributed by atoms with Gasteiger partial charge < -0.3 is 15.3 Å². The van der Waals surface area contributed by atoms with Gasteiger partial charge >= 0.3 is 5.97 Å². The molecule has 5 rings (SSSR count). The third-order valence-corrected chi connectivity index (χ3v) is 13.2. The fourth-order valence-corrected chi connectivity index (χ4v) is 10.8. The molecule has 4 fully saturated rings. The molecule has 0 amide bonds. The highest BCUT2D eigenvalue weighted by molar-refractivity contribution is 5.89. The number of carbonyl (C=O) groups is 2. The van der Waals surface area contributed by atoms with E-state index in [0.29, 0.717) is 25.2 Å². The van der Waals surface area contributed by atoms with Crippen LogP contribution in [-0.2, 0) is 9.59 Å². The number of aliphatic hydroxyl groups excluding tert-OH is 1. The minimum Gasteiger partial charge on any atom is -0.481 e. The first-order valence-electron chi connectivity index (χ1n) is 13.9. The maximum atomic E-state index is 13.0. The molecule has 0 saturated heterocycles. The van der Waals surface area contributed by atoms with Gasteiger partial charge in [-0.3, -0.25) is 9.59 Å². The molecule has 0 aromatic carbocycles. The van der Waals surface area contributed by atoms with Gasteiger partial charge in [0.1, 0.15) is 6.10 Å². The van der Waals surface area contributed by atoms with Crippen LogP contribution in [0.25, 0.3) is 0 Å². The number of fused-ring (bicyclic) bond motifs is 7. The molecule has 0 aromatic rings. The van der Waals surface area contributed by atoms with E-state index < -0.39 is 28.5 Å². The first kappa shape index (κ1) is 25.4. The molecule has 0 spiro atoms. The van der Waals surface area contributed by atoms with E-state index in [9.17, 15) is 24.9 Å². The van der Waals surface area contributed by atoms with E-state index in [1.54, 1.807) is 0 Å². The van der Waals surface area contributed by atoms with E-state index in [1.807, 2.05) is 20.8 Å². The Morgan fingerprint density at radius 3 is 2.26 bits per heavy atom. The molecule has 5 aliphatic carbocycles. The van der Waals surface area contributed by atoms with Crippen LogP contribution in [0.2, 0.25) is 0 Å². The quantitative estimate of drug-likeness (QED) is 0.432. The van der Waals surface area contributed by atoms with E-state index in [4.69, 9.17) is 0 Å². The van der Waals surface area contributed by atoms with Crippen LogP contribution in [-0.4, -0.2) is 38.8 Å². The molecule has 3 N–H and O–H groups in total. The summed E-state index contributed by atoms with van der Waals surface area (Å²) in [6, 6.07) is 0. The summed E-state index contributed by atoms with van der Waals surface area (Å²) in [5.41, 5.74) is -1.81. The first-order valence-corrected chi connectivity index (χ1v) is 13.9. The highest BCUT2D eigenvalue weighted by atomic mass is 16.4. The number of allylic oxidation sites excluding steroid dienone is 1. The molecule has 2 unspecified atom stereocenters. The van der Waals surface area contributed by atoms with Gasteiger partial charge in [0, 0.05) is 11.3 Å². The lowest BCUT2D eigenvalue weighted by molar-refractivity contribution is -0.213. The summed E-state index contributed by atoms with van der Waals surface area (Å²) < 4.78 is 0. The van der Waals surface area contributed by atoms with Crippen molar-refractivity contribution in [1.29, 1.82) is 0 Å².